The molecule has 0 atom stereocenters. The Balaban J connectivity index is 1.27. The lowest BCUT2D eigenvalue weighted by Gasteiger charge is -2.26. The molecule has 0 radical (unpaired) electrons. The summed E-state index contributed by atoms with van der Waals surface area (Å²) in [6.07, 6.45) is -0.284. The molecule has 0 fully saturated rings. The van der Waals surface area contributed by atoms with Crippen molar-refractivity contribution in [2.45, 2.75) is 12.4 Å². The van der Waals surface area contributed by atoms with Crippen LogP contribution in [0.25, 0.3) is 36.5 Å². The molecule has 0 aliphatic heterocycles. The van der Waals surface area contributed by atoms with E-state index in [0.29, 0.717) is 40.3 Å². The normalized spacial score (nSPS) is 12.3. The van der Waals surface area contributed by atoms with Crippen LogP contribution in [-0.2, 0) is 12.4 Å². The fraction of sp³-hybridized carbons (Fsp3) is 0.0455. The highest BCUT2D eigenvalue weighted by atomic mass is 19.4. The van der Waals surface area contributed by atoms with E-state index in [1.807, 2.05) is 17.0 Å². The fourth-order valence-electron chi connectivity index (χ4n) is 5.52. The van der Waals surface area contributed by atoms with Gasteiger partial charge in [0.2, 0.25) is 0 Å². The fourth-order valence-corrected chi connectivity index (χ4v) is 5.52. The SMILES string of the molecule is Fc1ccc(/C=C/c2ccc(N(c3ccc(/C=C/c4ccc(C(F)(F)F)cc4F)cc3)c3ccc(/C=C/c4ccc(C(F)(F)F)cc4F)cc3)cc2)c(F)c1. The van der Waals surface area contributed by atoms with Crippen LogP contribution in [0.3, 0.4) is 0 Å². The van der Waals surface area contributed by atoms with Crippen molar-refractivity contribution in [3.8, 4) is 0 Å². The average Bonchev–Trinajstić information content (AvgIpc) is 3.14. The van der Waals surface area contributed by atoms with Gasteiger partial charge in [0.1, 0.15) is 23.3 Å². The summed E-state index contributed by atoms with van der Waals surface area (Å²) in [6, 6.07) is 29.2. The molecule has 0 unspecified atom stereocenters. The number of alkyl halides is 6. The minimum atomic E-state index is -4.67. The van der Waals surface area contributed by atoms with E-state index >= 15 is 0 Å². The molecular weight excluding hydrogens is 732 g/mol. The van der Waals surface area contributed by atoms with Gasteiger partial charge < -0.3 is 4.90 Å². The Morgan fingerprint density at radius 2 is 0.655 bits per heavy atom. The van der Waals surface area contributed by atoms with Crippen molar-refractivity contribution < 1.29 is 43.9 Å². The zero-order valence-electron chi connectivity index (χ0n) is 28.3. The van der Waals surface area contributed by atoms with E-state index < -0.39 is 46.7 Å². The summed E-state index contributed by atoms with van der Waals surface area (Å²) in [5.74, 6) is -3.42. The van der Waals surface area contributed by atoms with Crippen molar-refractivity contribution >= 4 is 53.5 Å². The van der Waals surface area contributed by atoms with Crippen molar-refractivity contribution in [2.24, 2.45) is 0 Å². The number of halogens is 10. The highest BCUT2D eigenvalue weighted by Gasteiger charge is 2.31. The Kier molecular flexibility index (Phi) is 11.1. The molecule has 6 aromatic rings. The first kappa shape index (κ1) is 38.4. The van der Waals surface area contributed by atoms with Crippen LogP contribution in [0.1, 0.15) is 44.5 Å². The number of hydrogen-bond donors (Lipinski definition) is 0. The number of benzene rings is 6. The summed E-state index contributed by atoms with van der Waals surface area (Å²) in [5, 5.41) is 0. The van der Waals surface area contributed by atoms with Gasteiger partial charge in [0.25, 0.3) is 0 Å². The molecule has 11 heteroatoms. The second kappa shape index (κ2) is 15.9. The maximum Gasteiger partial charge on any atom is 0.416 e. The molecule has 1 nitrogen and oxygen atoms in total. The number of anilines is 3. The van der Waals surface area contributed by atoms with E-state index in [2.05, 4.69) is 0 Å². The smallest absolute Gasteiger partial charge is 0.311 e. The van der Waals surface area contributed by atoms with Gasteiger partial charge in [-0.25, -0.2) is 17.6 Å². The molecule has 0 heterocycles. The van der Waals surface area contributed by atoms with Crippen LogP contribution in [0.2, 0.25) is 0 Å². The Morgan fingerprint density at radius 3 is 0.945 bits per heavy atom. The summed E-state index contributed by atoms with van der Waals surface area (Å²) >= 11 is 0. The first-order valence-corrected chi connectivity index (χ1v) is 16.5. The minimum absolute atomic E-state index is 0.0230. The van der Waals surface area contributed by atoms with Crippen LogP contribution < -0.4 is 4.90 Å². The molecule has 0 bridgehead atoms. The molecular formula is C44H27F10N. The lowest BCUT2D eigenvalue weighted by molar-refractivity contribution is -0.138. The second-order valence-electron chi connectivity index (χ2n) is 12.2. The zero-order chi connectivity index (χ0) is 39.3. The van der Waals surface area contributed by atoms with Crippen molar-refractivity contribution in [2.75, 3.05) is 4.90 Å². The summed E-state index contributed by atoms with van der Waals surface area (Å²) < 4.78 is 134. The van der Waals surface area contributed by atoms with E-state index in [-0.39, 0.29) is 16.7 Å². The van der Waals surface area contributed by atoms with Gasteiger partial charge in [0, 0.05) is 39.8 Å². The first-order valence-electron chi connectivity index (χ1n) is 16.5. The van der Waals surface area contributed by atoms with Crippen LogP contribution in [0.15, 0.2) is 127 Å². The van der Waals surface area contributed by atoms with Crippen molar-refractivity contribution in [1.82, 2.24) is 0 Å². The topological polar surface area (TPSA) is 3.24 Å². The van der Waals surface area contributed by atoms with Crippen molar-refractivity contribution in [1.29, 1.82) is 0 Å². The van der Waals surface area contributed by atoms with Crippen LogP contribution in [0, 0.1) is 23.3 Å². The molecule has 0 aliphatic rings. The molecule has 278 valence electrons. The molecule has 6 rings (SSSR count). The summed E-state index contributed by atoms with van der Waals surface area (Å²) in [4.78, 5) is 1.90. The predicted molar refractivity (Wildman–Crippen MR) is 197 cm³/mol. The van der Waals surface area contributed by atoms with Crippen LogP contribution in [-0.4, -0.2) is 0 Å². The molecule has 6 aromatic carbocycles. The van der Waals surface area contributed by atoms with Gasteiger partial charge >= 0.3 is 12.4 Å². The van der Waals surface area contributed by atoms with Gasteiger partial charge in [-0.2, -0.15) is 26.3 Å². The van der Waals surface area contributed by atoms with E-state index in [9.17, 15) is 43.9 Å². The van der Waals surface area contributed by atoms with Gasteiger partial charge in [-0.15, -0.1) is 0 Å². The Hall–Kier alpha value is -6.36. The standard InChI is InChI=1S/C44H27F10N/c45-36-18-15-33(42(48)27-36)12-3-30-8-23-39(24-9-30)55(37-19-4-28(5-20-37)1-10-31-13-16-34(25-40(31)46)43(49,50)51)38-21-6-29(7-22-38)2-11-32-14-17-35(26-41(32)47)44(52,53)54/h1-27H/b10-1+,11-2+,12-3+. The molecule has 0 saturated carbocycles. The van der Waals surface area contributed by atoms with Gasteiger partial charge in [-0.05, 0) is 89.5 Å². The predicted octanol–water partition coefficient (Wildman–Crippen LogP) is 14.3. The highest BCUT2D eigenvalue weighted by Crippen LogP contribution is 2.36. The summed E-state index contributed by atoms with van der Waals surface area (Å²) in [6.45, 7) is 0. The number of hydrogen-bond acceptors (Lipinski definition) is 1. The monoisotopic (exact) mass is 759 g/mol. The first-order chi connectivity index (χ1) is 26.1. The molecule has 0 aromatic heterocycles. The van der Waals surface area contributed by atoms with E-state index in [0.717, 1.165) is 42.0 Å². The van der Waals surface area contributed by atoms with Gasteiger partial charge in [-0.1, -0.05) is 85.0 Å². The number of rotatable bonds is 9. The third kappa shape index (κ3) is 9.61. The van der Waals surface area contributed by atoms with Crippen LogP contribution >= 0.6 is 0 Å². The molecule has 0 aliphatic carbocycles. The molecule has 55 heavy (non-hydrogen) atoms. The maximum absolute atomic E-state index is 14.4. The van der Waals surface area contributed by atoms with Gasteiger partial charge in [0.15, 0.2) is 0 Å². The van der Waals surface area contributed by atoms with Crippen LogP contribution in [0.4, 0.5) is 61.0 Å². The lowest BCUT2D eigenvalue weighted by Crippen LogP contribution is -2.09. The zero-order valence-corrected chi connectivity index (χ0v) is 28.3. The third-order valence-electron chi connectivity index (χ3n) is 8.44. The molecule has 0 saturated heterocycles. The Labute approximate surface area is 309 Å². The average molecular weight is 760 g/mol. The Bertz CT molecular complexity index is 2250. The quantitative estimate of drug-likeness (QED) is 0.105. The summed E-state index contributed by atoms with van der Waals surface area (Å²) in [5.41, 5.74) is 2.04. The lowest BCUT2D eigenvalue weighted by atomic mass is 10.1. The van der Waals surface area contributed by atoms with Crippen molar-refractivity contribution in [3.63, 3.8) is 0 Å². The molecule has 0 spiro atoms. The van der Waals surface area contributed by atoms with E-state index in [4.69, 9.17) is 0 Å². The molecule has 0 amide bonds. The van der Waals surface area contributed by atoms with Crippen LogP contribution in [0.5, 0.6) is 0 Å². The van der Waals surface area contributed by atoms with E-state index in [1.165, 1.54) is 24.3 Å². The number of nitrogens with zero attached hydrogens (tertiary/aromatic N) is 1. The molecule has 0 N–H and O–H groups in total. The third-order valence-corrected chi connectivity index (χ3v) is 8.44. The highest BCUT2D eigenvalue weighted by molar-refractivity contribution is 5.80. The second-order valence-corrected chi connectivity index (χ2v) is 12.2. The largest absolute Gasteiger partial charge is 0.416 e. The minimum Gasteiger partial charge on any atom is -0.311 e. The van der Waals surface area contributed by atoms with E-state index in [1.54, 1.807) is 78.9 Å². The Morgan fingerprint density at radius 1 is 0.345 bits per heavy atom. The van der Waals surface area contributed by atoms with Crippen molar-refractivity contribution in [3.05, 3.63) is 195 Å². The maximum atomic E-state index is 14.4. The van der Waals surface area contributed by atoms with Gasteiger partial charge in [0.05, 0.1) is 11.1 Å². The summed E-state index contributed by atoms with van der Waals surface area (Å²) in [7, 11) is 0. The van der Waals surface area contributed by atoms with Gasteiger partial charge in [-0.3, -0.25) is 0 Å².